The van der Waals surface area contributed by atoms with Crippen molar-refractivity contribution >= 4 is 0 Å². The standard InChI is InChI=1S/C19H19F4NO/c20-17-9-13(8-16(10-17)19(21,22)23)11-25-12-15-6-7-24-18(15)14-4-2-1-3-5-14/h1-5,8-10,15,18,24H,6-7,11-12H2. The van der Waals surface area contributed by atoms with Gasteiger partial charge < -0.3 is 10.1 Å². The largest absolute Gasteiger partial charge is 0.416 e. The fourth-order valence-corrected chi connectivity index (χ4v) is 3.21. The normalized spacial score (nSPS) is 20.8. The second kappa shape index (κ2) is 7.54. The minimum Gasteiger partial charge on any atom is -0.376 e. The summed E-state index contributed by atoms with van der Waals surface area (Å²) in [5, 5.41) is 3.42. The van der Waals surface area contributed by atoms with Crippen LogP contribution in [0.1, 0.15) is 29.2 Å². The first-order valence-corrected chi connectivity index (χ1v) is 8.16. The maximum absolute atomic E-state index is 13.4. The molecule has 0 aliphatic carbocycles. The summed E-state index contributed by atoms with van der Waals surface area (Å²) in [4.78, 5) is 0. The Morgan fingerprint density at radius 1 is 1.08 bits per heavy atom. The van der Waals surface area contributed by atoms with E-state index in [1.165, 1.54) is 5.56 Å². The molecule has 134 valence electrons. The Bertz CT molecular complexity index is 702. The highest BCUT2D eigenvalue weighted by molar-refractivity contribution is 5.26. The van der Waals surface area contributed by atoms with Crippen LogP contribution in [0.2, 0.25) is 0 Å². The van der Waals surface area contributed by atoms with Crippen LogP contribution in [0.15, 0.2) is 48.5 Å². The first kappa shape index (κ1) is 17.9. The van der Waals surface area contributed by atoms with Gasteiger partial charge in [-0.25, -0.2) is 4.39 Å². The van der Waals surface area contributed by atoms with Crippen LogP contribution >= 0.6 is 0 Å². The number of hydrogen-bond acceptors (Lipinski definition) is 2. The first-order chi connectivity index (χ1) is 11.9. The van der Waals surface area contributed by atoms with Crippen LogP contribution in [0.5, 0.6) is 0 Å². The lowest BCUT2D eigenvalue weighted by molar-refractivity contribution is -0.137. The maximum atomic E-state index is 13.4. The Morgan fingerprint density at radius 2 is 1.84 bits per heavy atom. The van der Waals surface area contributed by atoms with Gasteiger partial charge in [0.25, 0.3) is 0 Å². The Kier molecular flexibility index (Phi) is 5.39. The van der Waals surface area contributed by atoms with Crippen molar-refractivity contribution in [2.24, 2.45) is 5.92 Å². The maximum Gasteiger partial charge on any atom is 0.416 e. The smallest absolute Gasteiger partial charge is 0.376 e. The Labute approximate surface area is 143 Å². The molecule has 2 nitrogen and oxygen atoms in total. The number of halogens is 4. The second-order valence-electron chi connectivity index (χ2n) is 6.25. The van der Waals surface area contributed by atoms with Crippen LogP contribution in [-0.4, -0.2) is 13.2 Å². The van der Waals surface area contributed by atoms with E-state index in [-0.39, 0.29) is 24.1 Å². The summed E-state index contributed by atoms with van der Waals surface area (Å²) in [6.07, 6.45) is -3.64. The van der Waals surface area contributed by atoms with Gasteiger partial charge in [0.2, 0.25) is 0 Å². The van der Waals surface area contributed by atoms with Gasteiger partial charge in [-0.2, -0.15) is 13.2 Å². The van der Waals surface area contributed by atoms with Crippen molar-refractivity contribution in [2.75, 3.05) is 13.2 Å². The number of alkyl halides is 3. The molecule has 2 atom stereocenters. The zero-order chi connectivity index (χ0) is 17.9. The Morgan fingerprint density at radius 3 is 2.56 bits per heavy atom. The molecule has 6 heteroatoms. The average molecular weight is 353 g/mol. The van der Waals surface area contributed by atoms with E-state index in [1.54, 1.807) is 0 Å². The van der Waals surface area contributed by atoms with Crippen molar-refractivity contribution in [3.8, 4) is 0 Å². The van der Waals surface area contributed by atoms with Crippen molar-refractivity contribution < 1.29 is 22.3 Å². The predicted molar refractivity (Wildman–Crippen MR) is 86.4 cm³/mol. The number of ether oxygens (including phenoxy) is 1. The zero-order valence-electron chi connectivity index (χ0n) is 13.5. The van der Waals surface area contributed by atoms with Gasteiger partial charge in [0.1, 0.15) is 5.82 Å². The Balaban J connectivity index is 1.60. The Hall–Kier alpha value is -1.92. The van der Waals surface area contributed by atoms with Crippen molar-refractivity contribution in [3.63, 3.8) is 0 Å². The van der Waals surface area contributed by atoms with Gasteiger partial charge in [0.05, 0.1) is 18.8 Å². The lowest BCUT2D eigenvalue weighted by Gasteiger charge is -2.20. The number of hydrogen-bond donors (Lipinski definition) is 1. The van der Waals surface area contributed by atoms with Crippen LogP contribution < -0.4 is 5.32 Å². The third-order valence-corrected chi connectivity index (χ3v) is 4.40. The molecule has 1 aliphatic heterocycles. The van der Waals surface area contributed by atoms with E-state index in [4.69, 9.17) is 4.74 Å². The van der Waals surface area contributed by atoms with Crippen molar-refractivity contribution in [1.29, 1.82) is 0 Å². The minimum absolute atomic E-state index is 0.0428. The molecule has 0 radical (unpaired) electrons. The highest BCUT2D eigenvalue weighted by Crippen LogP contribution is 2.32. The summed E-state index contributed by atoms with van der Waals surface area (Å²) < 4.78 is 57.2. The van der Waals surface area contributed by atoms with Crippen molar-refractivity contribution in [1.82, 2.24) is 5.32 Å². The summed E-state index contributed by atoms with van der Waals surface area (Å²) in [7, 11) is 0. The summed E-state index contributed by atoms with van der Waals surface area (Å²) in [5.74, 6) is -0.670. The van der Waals surface area contributed by atoms with Crippen LogP contribution in [0.25, 0.3) is 0 Å². The van der Waals surface area contributed by atoms with Crippen LogP contribution in [0.4, 0.5) is 17.6 Å². The van der Waals surface area contributed by atoms with E-state index in [2.05, 4.69) is 5.32 Å². The molecule has 25 heavy (non-hydrogen) atoms. The molecule has 1 N–H and O–H groups in total. The van der Waals surface area contributed by atoms with E-state index in [1.807, 2.05) is 30.3 Å². The quantitative estimate of drug-likeness (QED) is 0.786. The van der Waals surface area contributed by atoms with Gasteiger partial charge in [-0.05, 0) is 42.3 Å². The van der Waals surface area contributed by atoms with Crippen molar-refractivity contribution in [2.45, 2.75) is 25.2 Å². The van der Waals surface area contributed by atoms with Gasteiger partial charge in [-0.3, -0.25) is 0 Å². The van der Waals surface area contributed by atoms with Gasteiger partial charge in [0.15, 0.2) is 0 Å². The average Bonchev–Trinajstić information content (AvgIpc) is 3.03. The third kappa shape index (κ3) is 4.58. The monoisotopic (exact) mass is 353 g/mol. The number of benzene rings is 2. The molecule has 1 saturated heterocycles. The van der Waals surface area contributed by atoms with Crippen LogP contribution in [0.3, 0.4) is 0 Å². The third-order valence-electron chi connectivity index (χ3n) is 4.40. The second-order valence-corrected chi connectivity index (χ2v) is 6.25. The van der Waals surface area contributed by atoms with Crippen LogP contribution in [0, 0.1) is 11.7 Å². The molecule has 2 unspecified atom stereocenters. The molecule has 2 aromatic carbocycles. The highest BCUT2D eigenvalue weighted by atomic mass is 19.4. The summed E-state index contributed by atoms with van der Waals surface area (Å²) in [6.45, 7) is 1.23. The van der Waals surface area contributed by atoms with E-state index in [0.717, 1.165) is 25.1 Å². The molecule has 3 rings (SSSR count). The topological polar surface area (TPSA) is 21.3 Å². The lowest BCUT2D eigenvalue weighted by atomic mass is 9.95. The lowest BCUT2D eigenvalue weighted by Crippen LogP contribution is -2.21. The molecular formula is C19H19F4NO. The number of nitrogens with one attached hydrogen (secondary N) is 1. The van der Waals surface area contributed by atoms with Gasteiger partial charge in [0, 0.05) is 12.0 Å². The van der Waals surface area contributed by atoms with E-state index < -0.39 is 17.6 Å². The molecule has 0 amide bonds. The van der Waals surface area contributed by atoms with E-state index in [0.29, 0.717) is 12.7 Å². The summed E-state index contributed by atoms with van der Waals surface area (Å²) in [5.41, 5.74) is 0.365. The van der Waals surface area contributed by atoms with Crippen molar-refractivity contribution in [3.05, 3.63) is 71.0 Å². The molecule has 0 aromatic heterocycles. The molecule has 1 heterocycles. The SMILES string of the molecule is Fc1cc(COCC2CCNC2c2ccccc2)cc(C(F)(F)F)c1. The summed E-state index contributed by atoms with van der Waals surface area (Å²) >= 11 is 0. The fourth-order valence-electron chi connectivity index (χ4n) is 3.21. The highest BCUT2D eigenvalue weighted by Gasteiger charge is 2.31. The molecule has 0 spiro atoms. The molecule has 2 aromatic rings. The van der Waals surface area contributed by atoms with E-state index in [9.17, 15) is 17.6 Å². The molecule has 1 fully saturated rings. The molecular weight excluding hydrogens is 334 g/mol. The molecule has 0 bridgehead atoms. The minimum atomic E-state index is -4.56. The predicted octanol–water partition coefficient (Wildman–Crippen LogP) is 4.71. The van der Waals surface area contributed by atoms with E-state index >= 15 is 0 Å². The van der Waals surface area contributed by atoms with Crippen LogP contribution in [-0.2, 0) is 17.5 Å². The molecule has 0 saturated carbocycles. The summed E-state index contributed by atoms with van der Waals surface area (Å²) in [6, 6.07) is 12.6. The van der Waals surface area contributed by atoms with Gasteiger partial charge in [-0.1, -0.05) is 30.3 Å². The molecule has 1 aliphatic rings. The fraction of sp³-hybridized carbons (Fsp3) is 0.368. The zero-order valence-corrected chi connectivity index (χ0v) is 13.5. The number of rotatable bonds is 5. The first-order valence-electron chi connectivity index (χ1n) is 8.16. The van der Waals surface area contributed by atoms with Gasteiger partial charge >= 0.3 is 6.18 Å². The van der Waals surface area contributed by atoms with Gasteiger partial charge in [-0.15, -0.1) is 0 Å².